The second-order valence-corrected chi connectivity index (χ2v) is 9.50. The predicted molar refractivity (Wildman–Crippen MR) is 115 cm³/mol. The number of rotatable bonds is 7. The smallest absolute Gasteiger partial charge is 0.323 e. The van der Waals surface area contributed by atoms with Crippen LogP contribution in [0.1, 0.15) is 32.1 Å². The van der Waals surface area contributed by atoms with E-state index in [2.05, 4.69) is 16.0 Å². The summed E-state index contributed by atoms with van der Waals surface area (Å²) in [5, 5.41) is 7.80. The molecule has 3 N–H and O–H groups in total. The van der Waals surface area contributed by atoms with Crippen LogP contribution in [0.25, 0.3) is 0 Å². The molecule has 1 fully saturated rings. The molecule has 8 heteroatoms. The molecule has 1 aliphatic carbocycles. The Bertz CT molecular complexity index is 955. The van der Waals surface area contributed by atoms with Crippen LogP contribution in [-0.2, 0) is 14.6 Å². The Labute approximate surface area is 170 Å². The zero-order chi connectivity index (χ0) is 20.7. The van der Waals surface area contributed by atoms with Gasteiger partial charge >= 0.3 is 6.03 Å². The standard InChI is InChI=1S/C21H25N3O4S/c25-20(13-14-29(27,28)19-11-4-5-12-19)22-17-9-6-10-18(15-17)24-21(26)23-16-7-2-1-3-8-16/h1-3,6-10,15,19H,4-5,11-14H2,(H,22,25)(H2,23,24,26). The molecule has 1 saturated carbocycles. The summed E-state index contributed by atoms with van der Waals surface area (Å²) in [6, 6.07) is 15.3. The van der Waals surface area contributed by atoms with Gasteiger partial charge in [0.15, 0.2) is 9.84 Å². The van der Waals surface area contributed by atoms with Crippen molar-refractivity contribution in [2.45, 2.75) is 37.4 Å². The number of sulfone groups is 1. The van der Waals surface area contributed by atoms with Crippen LogP contribution in [0.3, 0.4) is 0 Å². The van der Waals surface area contributed by atoms with E-state index in [4.69, 9.17) is 0 Å². The molecule has 0 spiro atoms. The van der Waals surface area contributed by atoms with Crippen molar-refractivity contribution in [2.75, 3.05) is 21.7 Å². The van der Waals surface area contributed by atoms with Crippen molar-refractivity contribution in [3.63, 3.8) is 0 Å². The number of amides is 3. The first-order valence-electron chi connectivity index (χ1n) is 9.67. The second-order valence-electron chi connectivity index (χ2n) is 7.10. The lowest BCUT2D eigenvalue weighted by Gasteiger charge is -2.12. The van der Waals surface area contributed by atoms with Crippen molar-refractivity contribution in [1.82, 2.24) is 0 Å². The number of benzene rings is 2. The molecule has 0 radical (unpaired) electrons. The maximum absolute atomic E-state index is 12.3. The molecule has 0 heterocycles. The highest BCUT2D eigenvalue weighted by molar-refractivity contribution is 7.92. The van der Waals surface area contributed by atoms with Gasteiger partial charge in [-0.25, -0.2) is 13.2 Å². The molecule has 0 aromatic heterocycles. The zero-order valence-corrected chi connectivity index (χ0v) is 16.9. The van der Waals surface area contributed by atoms with E-state index in [1.807, 2.05) is 18.2 Å². The van der Waals surface area contributed by atoms with E-state index in [-0.39, 0.29) is 23.3 Å². The first kappa shape index (κ1) is 20.9. The quantitative estimate of drug-likeness (QED) is 0.635. The van der Waals surface area contributed by atoms with Crippen LogP contribution in [0.4, 0.5) is 21.9 Å². The van der Waals surface area contributed by atoms with E-state index in [0.29, 0.717) is 29.9 Å². The van der Waals surface area contributed by atoms with E-state index < -0.39 is 15.9 Å². The molecular weight excluding hydrogens is 390 g/mol. The van der Waals surface area contributed by atoms with Crippen molar-refractivity contribution in [3.05, 3.63) is 54.6 Å². The van der Waals surface area contributed by atoms with Crippen LogP contribution in [0.5, 0.6) is 0 Å². The lowest BCUT2D eigenvalue weighted by atomic mass is 10.2. The molecule has 3 amide bonds. The average Bonchev–Trinajstić information content (AvgIpc) is 3.23. The summed E-state index contributed by atoms with van der Waals surface area (Å²) in [5.74, 6) is -0.501. The maximum Gasteiger partial charge on any atom is 0.323 e. The summed E-state index contributed by atoms with van der Waals surface area (Å²) in [5.41, 5.74) is 1.67. The molecule has 0 unspecified atom stereocenters. The van der Waals surface area contributed by atoms with E-state index >= 15 is 0 Å². The monoisotopic (exact) mass is 415 g/mol. The molecule has 154 valence electrons. The number of carbonyl (C=O) groups is 2. The Balaban J connectivity index is 1.51. The number of urea groups is 1. The topological polar surface area (TPSA) is 104 Å². The van der Waals surface area contributed by atoms with Crippen LogP contribution in [0.15, 0.2) is 54.6 Å². The van der Waals surface area contributed by atoms with Crippen molar-refractivity contribution in [2.24, 2.45) is 0 Å². The Morgan fingerprint density at radius 1 is 0.828 bits per heavy atom. The van der Waals surface area contributed by atoms with Crippen LogP contribution in [-0.4, -0.2) is 31.4 Å². The van der Waals surface area contributed by atoms with Gasteiger partial charge in [0, 0.05) is 23.5 Å². The third-order valence-corrected chi connectivity index (χ3v) is 7.12. The molecule has 1 aliphatic rings. The lowest BCUT2D eigenvalue weighted by molar-refractivity contribution is -0.115. The first-order valence-corrected chi connectivity index (χ1v) is 11.4. The fraction of sp³-hybridized carbons (Fsp3) is 0.333. The highest BCUT2D eigenvalue weighted by atomic mass is 32.2. The highest BCUT2D eigenvalue weighted by Crippen LogP contribution is 2.25. The molecule has 0 saturated heterocycles. The molecule has 0 aliphatic heterocycles. The Morgan fingerprint density at radius 3 is 2.10 bits per heavy atom. The Kier molecular flexibility index (Phi) is 6.87. The van der Waals surface area contributed by atoms with Crippen molar-refractivity contribution in [3.8, 4) is 0 Å². The molecule has 3 rings (SSSR count). The fourth-order valence-corrected chi connectivity index (χ4v) is 5.22. The summed E-state index contributed by atoms with van der Waals surface area (Å²) < 4.78 is 24.6. The van der Waals surface area contributed by atoms with Gasteiger partial charge in [-0.2, -0.15) is 0 Å². The number of para-hydroxylation sites is 1. The largest absolute Gasteiger partial charge is 0.326 e. The summed E-state index contributed by atoms with van der Waals surface area (Å²) in [4.78, 5) is 24.3. The van der Waals surface area contributed by atoms with Crippen LogP contribution < -0.4 is 16.0 Å². The van der Waals surface area contributed by atoms with Crippen molar-refractivity contribution >= 4 is 38.8 Å². The van der Waals surface area contributed by atoms with E-state index in [1.165, 1.54) is 0 Å². The fourth-order valence-electron chi connectivity index (χ4n) is 3.36. The van der Waals surface area contributed by atoms with Gasteiger partial charge in [0.2, 0.25) is 5.91 Å². The third-order valence-electron chi connectivity index (χ3n) is 4.86. The highest BCUT2D eigenvalue weighted by Gasteiger charge is 2.28. The SMILES string of the molecule is O=C(CCS(=O)(=O)C1CCCC1)Nc1cccc(NC(=O)Nc2ccccc2)c1. The summed E-state index contributed by atoms with van der Waals surface area (Å²) >= 11 is 0. The van der Waals surface area contributed by atoms with Gasteiger partial charge in [0.25, 0.3) is 0 Å². The van der Waals surface area contributed by atoms with Gasteiger partial charge < -0.3 is 16.0 Å². The number of hydrogen-bond donors (Lipinski definition) is 3. The summed E-state index contributed by atoms with van der Waals surface area (Å²) in [6.45, 7) is 0. The van der Waals surface area contributed by atoms with E-state index in [9.17, 15) is 18.0 Å². The number of anilines is 3. The number of carbonyl (C=O) groups excluding carboxylic acids is 2. The van der Waals surface area contributed by atoms with Gasteiger partial charge in [0.05, 0.1) is 11.0 Å². The number of nitrogens with one attached hydrogen (secondary N) is 3. The second kappa shape index (κ2) is 9.56. The predicted octanol–water partition coefficient (Wildman–Crippen LogP) is 4.02. The molecule has 7 nitrogen and oxygen atoms in total. The minimum Gasteiger partial charge on any atom is -0.326 e. The van der Waals surface area contributed by atoms with Gasteiger partial charge in [-0.05, 0) is 43.2 Å². The van der Waals surface area contributed by atoms with Crippen molar-refractivity contribution < 1.29 is 18.0 Å². The summed E-state index contributed by atoms with van der Waals surface area (Å²) in [6.07, 6.45) is 3.19. The first-order chi connectivity index (χ1) is 13.9. The minimum atomic E-state index is -3.23. The van der Waals surface area contributed by atoms with Gasteiger partial charge in [-0.1, -0.05) is 37.1 Å². The molecule has 2 aromatic carbocycles. The molecule has 0 bridgehead atoms. The van der Waals surface area contributed by atoms with Crippen molar-refractivity contribution in [1.29, 1.82) is 0 Å². The molecule has 29 heavy (non-hydrogen) atoms. The van der Waals surface area contributed by atoms with Gasteiger partial charge in [0.1, 0.15) is 0 Å². The lowest BCUT2D eigenvalue weighted by Crippen LogP contribution is -2.24. The van der Waals surface area contributed by atoms with Crippen LogP contribution >= 0.6 is 0 Å². The molecule has 0 atom stereocenters. The molecule has 2 aromatic rings. The van der Waals surface area contributed by atoms with Crippen LogP contribution in [0.2, 0.25) is 0 Å². The van der Waals surface area contributed by atoms with E-state index in [0.717, 1.165) is 12.8 Å². The van der Waals surface area contributed by atoms with Gasteiger partial charge in [-0.15, -0.1) is 0 Å². The minimum absolute atomic E-state index is 0.0784. The summed E-state index contributed by atoms with van der Waals surface area (Å²) in [7, 11) is -3.23. The maximum atomic E-state index is 12.3. The van der Waals surface area contributed by atoms with Gasteiger partial charge in [-0.3, -0.25) is 4.79 Å². The average molecular weight is 416 g/mol. The normalized spacial score (nSPS) is 14.3. The van der Waals surface area contributed by atoms with Crippen LogP contribution in [0, 0.1) is 0 Å². The Hall–Kier alpha value is -2.87. The van der Waals surface area contributed by atoms with E-state index in [1.54, 1.807) is 36.4 Å². The third kappa shape index (κ3) is 6.32. The zero-order valence-electron chi connectivity index (χ0n) is 16.1. The molecular formula is C21H25N3O4S. The number of hydrogen-bond acceptors (Lipinski definition) is 4. The Morgan fingerprint density at radius 2 is 1.41 bits per heavy atom.